The van der Waals surface area contributed by atoms with E-state index in [1.54, 1.807) is 6.08 Å². The number of thioether (sulfide) groups is 1. The smallest absolute Gasteiger partial charge is 0.211 e. The van der Waals surface area contributed by atoms with Gasteiger partial charge in [0.1, 0.15) is 0 Å². The summed E-state index contributed by atoms with van der Waals surface area (Å²) in [5.41, 5.74) is 0.925. The van der Waals surface area contributed by atoms with Crippen LogP contribution in [-0.2, 0) is 10.3 Å². The van der Waals surface area contributed by atoms with Gasteiger partial charge < -0.3 is 0 Å². The van der Waals surface area contributed by atoms with Crippen LogP contribution in [-0.4, -0.2) is 11.8 Å². The fourth-order valence-corrected chi connectivity index (χ4v) is 3.51. The molecule has 2 aliphatic rings. The monoisotopic (exact) mass is 259 g/mol. The van der Waals surface area contributed by atoms with Crippen molar-refractivity contribution in [3.8, 4) is 0 Å². The Hall–Kier alpha value is -1.05. The van der Waals surface area contributed by atoms with Crippen molar-refractivity contribution < 1.29 is 4.79 Å². The molecule has 2 saturated carbocycles. The molecule has 1 aromatic carbocycles. The van der Waals surface area contributed by atoms with Crippen LogP contribution >= 0.6 is 11.8 Å². The molecule has 18 heavy (non-hydrogen) atoms. The number of benzene rings is 1. The van der Waals surface area contributed by atoms with Crippen LogP contribution in [0.2, 0.25) is 0 Å². The molecule has 2 fully saturated rings. The van der Waals surface area contributed by atoms with Crippen molar-refractivity contribution in [3.05, 3.63) is 29.8 Å². The molecule has 0 atom stereocenters. The summed E-state index contributed by atoms with van der Waals surface area (Å²) in [5.74, 6) is 2.20. The molecule has 0 spiro atoms. The highest BCUT2D eigenvalue weighted by Gasteiger charge is 2.38. The topological polar surface area (TPSA) is 29.4 Å². The number of rotatable bonds is 5. The molecule has 0 N–H and O–H groups in total. The van der Waals surface area contributed by atoms with Gasteiger partial charge in [-0.1, -0.05) is 12.1 Å². The van der Waals surface area contributed by atoms with Crippen molar-refractivity contribution in [3.63, 3.8) is 0 Å². The lowest BCUT2D eigenvalue weighted by Gasteiger charge is -2.37. The van der Waals surface area contributed by atoms with Crippen molar-refractivity contribution in [2.45, 2.75) is 42.5 Å². The van der Waals surface area contributed by atoms with Crippen molar-refractivity contribution in [1.82, 2.24) is 0 Å². The second-order valence-corrected chi connectivity index (χ2v) is 6.46. The summed E-state index contributed by atoms with van der Waals surface area (Å²) in [4.78, 5) is 15.9. The van der Waals surface area contributed by atoms with Gasteiger partial charge in [-0.05, 0) is 55.7 Å². The SMILES string of the molecule is O=C=NC1(c2ccc(SCC3CC3)cc2)CCC1. The maximum atomic E-state index is 10.5. The molecule has 0 unspecified atom stereocenters. The molecule has 2 nitrogen and oxygen atoms in total. The second-order valence-electron chi connectivity index (χ2n) is 5.37. The molecule has 0 aliphatic heterocycles. The Morgan fingerprint density at radius 1 is 1.28 bits per heavy atom. The Balaban J connectivity index is 1.71. The second kappa shape index (κ2) is 4.91. The van der Waals surface area contributed by atoms with Crippen LogP contribution < -0.4 is 0 Å². The van der Waals surface area contributed by atoms with E-state index in [1.807, 2.05) is 11.8 Å². The molecular formula is C15H17NOS. The minimum atomic E-state index is -0.249. The highest BCUT2D eigenvalue weighted by Crippen LogP contribution is 2.45. The summed E-state index contributed by atoms with van der Waals surface area (Å²) in [6.07, 6.45) is 7.67. The van der Waals surface area contributed by atoms with E-state index in [-0.39, 0.29) is 5.54 Å². The van der Waals surface area contributed by atoms with Crippen LogP contribution in [0.25, 0.3) is 0 Å². The zero-order chi connectivity index (χ0) is 12.4. The van der Waals surface area contributed by atoms with Crippen LogP contribution in [0, 0.1) is 5.92 Å². The maximum absolute atomic E-state index is 10.5. The number of hydrogen-bond donors (Lipinski definition) is 0. The standard InChI is InChI=1S/C15H17NOS/c17-11-16-15(8-1-9-15)13-4-6-14(7-5-13)18-10-12-2-3-12/h4-7,12H,1-3,8-10H2. The minimum Gasteiger partial charge on any atom is -0.211 e. The molecule has 94 valence electrons. The van der Waals surface area contributed by atoms with Crippen LogP contribution in [0.4, 0.5) is 0 Å². The van der Waals surface area contributed by atoms with Crippen molar-refractivity contribution in [2.24, 2.45) is 10.9 Å². The van der Waals surface area contributed by atoms with Gasteiger partial charge in [0, 0.05) is 10.6 Å². The van der Waals surface area contributed by atoms with Gasteiger partial charge in [0.25, 0.3) is 0 Å². The van der Waals surface area contributed by atoms with Gasteiger partial charge in [-0.3, -0.25) is 0 Å². The van der Waals surface area contributed by atoms with Crippen LogP contribution in [0.3, 0.4) is 0 Å². The third kappa shape index (κ3) is 2.38. The van der Waals surface area contributed by atoms with Gasteiger partial charge in [-0.15, -0.1) is 11.8 Å². The zero-order valence-corrected chi connectivity index (χ0v) is 11.2. The average molecular weight is 259 g/mol. The van der Waals surface area contributed by atoms with E-state index in [0.29, 0.717) is 0 Å². The fourth-order valence-electron chi connectivity index (χ4n) is 2.42. The van der Waals surface area contributed by atoms with Crippen LogP contribution in [0.1, 0.15) is 37.7 Å². The molecule has 0 saturated heterocycles. The Bertz CT molecular complexity index is 468. The number of aliphatic imine (C=N–C) groups is 1. The van der Waals surface area contributed by atoms with Crippen molar-refractivity contribution in [2.75, 3.05) is 5.75 Å². The first-order valence-electron chi connectivity index (χ1n) is 6.65. The summed E-state index contributed by atoms with van der Waals surface area (Å²) >= 11 is 1.94. The Morgan fingerprint density at radius 2 is 2.00 bits per heavy atom. The first kappa shape index (κ1) is 12.0. The lowest BCUT2D eigenvalue weighted by Crippen LogP contribution is -2.31. The third-order valence-electron chi connectivity index (χ3n) is 4.01. The molecule has 3 rings (SSSR count). The average Bonchev–Trinajstić information content (AvgIpc) is 3.16. The highest BCUT2D eigenvalue weighted by atomic mass is 32.2. The molecule has 0 bridgehead atoms. The van der Waals surface area contributed by atoms with E-state index in [9.17, 15) is 4.79 Å². The minimum absolute atomic E-state index is 0.249. The molecule has 0 radical (unpaired) electrons. The molecular weight excluding hydrogens is 242 g/mol. The Labute approximate surface area is 112 Å². The molecule has 0 heterocycles. The largest absolute Gasteiger partial charge is 0.235 e. The molecule has 2 aliphatic carbocycles. The van der Waals surface area contributed by atoms with E-state index in [0.717, 1.165) is 25.2 Å². The van der Waals surface area contributed by atoms with E-state index < -0.39 is 0 Å². The Kier molecular flexibility index (Phi) is 3.27. The normalized spacial score (nSPS) is 20.9. The van der Waals surface area contributed by atoms with Crippen molar-refractivity contribution >= 4 is 17.8 Å². The van der Waals surface area contributed by atoms with E-state index >= 15 is 0 Å². The van der Waals surface area contributed by atoms with Crippen molar-refractivity contribution in [1.29, 1.82) is 0 Å². The molecule has 0 amide bonds. The maximum Gasteiger partial charge on any atom is 0.235 e. The summed E-state index contributed by atoms with van der Waals surface area (Å²) in [6.45, 7) is 0. The predicted molar refractivity (Wildman–Crippen MR) is 73.5 cm³/mol. The predicted octanol–water partition coefficient (Wildman–Crippen LogP) is 3.90. The number of nitrogens with zero attached hydrogens (tertiary/aromatic N) is 1. The van der Waals surface area contributed by atoms with Gasteiger partial charge in [-0.25, -0.2) is 4.79 Å². The third-order valence-corrected chi connectivity index (χ3v) is 5.26. The first-order chi connectivity index (χ1) is 8.82. The quantitative estimate of drug-likeness (QED) is 0.456. The van der Waals surface area contributed by atoms with Gasteiger partial charge in [0.05, 0.1) is 5.54 Å². The van der Waals surface area contributed by atoms with Crippen LogP contribution in [0.15, 0.2) is 34.2 Å². The van der Waals surface area contributed by atoms with Gasteiger partial charge in [0.15, 0.2) is 0 Å². The van der Waals surface area contributed by atoms with E-state index in [2.05, 4.69) is 29.3 Å². The Morgan fingerprint density at radius 3 is 2.50 bits per heavy atom. The van der Waals surface area contributed by atoms with Crippen LogP contribution in [0.5, 0.6) is 0 Å². The first-order valence-corrected chi connectivity index (χ1v) is 7.63. The summed E-state index contributed by atoms with van der Waals surface area (Å²) in [7, 11) is 0. The van der Waals surface area contributed by atoms with E-state index in [1.165, 1.54) is 29.1 Å². The summed E-state index contributed by atoms with van der Waals surface area (Å²) < 4.78 is 0. The van der Waals surface area contributed by atoms with Gasteiger partial charge in [0.2, 0.25) is 6.08 Å². The zero-order valence-electron chi connectivity index (χ0n) is 10.4. The number of carbonyl (C=O) groups excluding carboxylic acids is 1. The van der Waals surface area contributed by atoms with E-state index in [4.69, 9.17) is 0 Å². The van der Waals surface area contributed by atoms with Gasteiger partial charge in [-0.2, -0.15) is 4.99 Å². The molecule has 0 aromatic heterocycles. The summed E-state index contributed by atoms with van der Waals surface area (Å²) in [5, 5.41) is 0. The van der Waals surface area contributed by atoms with Gasteiger partial charge >= 0.3 is 0 Å². The lowest BCUT2D eigenvalue weighted by atomic mass is 9.72. The summed E-state index contributed by atoms with van der Waals surface area (Å²) in [6, 6.07) is 8.61. The highest BCUT2D eigenvalue weighted by molar-refractivity contribution is 7.99. The number of hydrogen-bond acceptors (Lipinski definition) is 3. The number of isocyanates is 1. The molecule has 3 heteroatoms. The molecule has 1 aromatic rings. The fraction of sp³-hybridized carbons (Fsp3) is 0.533. The lowest BCUT2D eigenvalue weighted by molar-refractivity contribution is 0.256.